The van der Waals surface area contributed by atoms with E-state index in [4.69, 9.17) is 4.42 Å². The Morgan fingerprint density at radius 1 is 1.47 bits per heavy atom. The maximum atomic E-state index is 11.8. The van der Waals surface area contributed by atoms with Gasteiger partial charge in [0.2, 0.25) is 0 Å². The summed E-state index contributed by atoms with van der Waals surface area (Å²) >= 11 is 0. The number of hydrogen-bond acceptors (Lipinski definition) is 3. The molecule has 102 valence electrons. The van der Waals surface area contributed by atoms with Crippen LogP contribution in [0.2, 0.25) is 0 Å². The summed E-state index contributed by atoms with van der Waals surface area (Å²) in [6, 6.07) is 3.55. The second-order valence-corrected chi connectivity index (χ2v) is 4.50. The summed E-state index contributed by atoms with van der Waals surface area (Å²) in [5.74, 6) is 1.07. The van der Waals surface area contributed by atoms with E-state index in [9.17, 15) is 4.79 Å². The van der Waals surface area contributed by atoms with Crippen molar-refractivity contribution in [1.29, 1.82) is 0 Å². The first kappa shape index (κ1) is 13.4. The number of aromatic nitrogens is 2. The molecule has 1 amide bonds. The highest BCUT2D eigenvalue weighted by Gasteiger charge is 2.09. The standard InChI is InChI=1S/C14H19N3O2/c1-3-12-6-7-13(19-12)14(18)15-8-4-5-11-9-16-17-10(11)2/h6-7,9H,3-5,8H2,1-2H3,(H,15,18)(H,16,17). The molecule has 2 rings (SSSR count). The molecule has 2 aromatic heterocycles. The van der Waals surface area contributed by atoms with Gasteiger partial charge in [-0.3, -0.25) is 9.89 Å². The van der Waals surface area contributed by atoms with Crippen molar-refractivity contribution in [3.63, 3.8) is 0 Å². The summed E-state index contributed by atoms with van der Waals surface area (Å²) in [6.45, 7) is 4.62. The number of furan rings is 1. The lowest BCUT2D eigenvalue weighted by Gasteiger charge is -2.03. The first-order valence-corrected chi connectivity index (χ1v) is 6.56. The summed E-state index contributed by atoms with van der Waals surface area (Å²) in [7, 11) is 0. The molecule has 0 bridgehead atoms. The Morgan fingerprint density at radius 3 is 2.95 bits per heavy atom. The predicted octanol–water partition coefficient (Wildman–Crippen LogP) is 2.24. The highest BCUT2D eigenvalue weighted by Crippen LogP contribution is 2.08. The number of rotatable bonds is 6. The smallest absolute Gasteiger partial charge is 0.286 e. The fourth-order valence-corrected chi connectivity index (χ4v) is 1.89. The van der Waals surface area contributed by atoms with Gasteiger partial charge in [0.1, 0.15) is 5.76 Å². The zero-order valence-electron chi connectivity index (χ0n) is 11.3. The van der Waals surface area contributed by atoms with Crippen LogP contribution in [-0.4, -0.2) is 22.6 Å². The molecule has 0 aliphatic heterocycles. The van der Waals surface area contributed by atoms with Gasteiger partial charge in [0.25, 0.3) is 5.91 Å². The van der Waals surface area contributed by atoms with E-state index in [1.54, 1.807) is 6.07 Å². The molecular weight excluding hydrogens is 242 g/mol. The number of aromatic amines is 1. The van der Waals surface area contributed by atoms with E-state index in [1.165, 1.54) is 5.56 Å². The molecular formula is C14H19N3O2. The molecule has 0 saturated carbocycles. The van der Waals surface area contributed by atoms with Gasteiger partial charge in [-0.1, -0.05) is 6.92 Å². The minimum Gasteiger partial charge on any atom is -0.456 e. The van der Waals surface area contributed by atoms with Crippen LogP contribution in [0.1, 0.15) is 40.9 Å². The molecule has 2 aromatic rings. The molecule has 0 aliphatic carbocycles. The average molecular weight is 261 g/mol. The van der Waals surface area contributed by atoms with Crippen molar-refractivity contribution in [3.8, 4) is 0 Å². The van der Waals surface area contributed by atoms with Crippen LogP contribution >= 0.6 is 0 Å². The third kappa shape index (κ3) is 3.47. The van der Waals surface area contributed by atoms with E-state index in [2.05, 4.69) is 15.5 Å². The summed E-state index contributed by atoms with van der Waals surface area (Å²) in [6.07, 6.45) is 4.42. The monoisotopic (exact) mass is 261 g/mol. The number of amides is 1. The number of nitrogens with one attached hydrogen (secondary N) is 2. The average Bonchev–Trinajstić information content (AvgIpc) is 3.03. The Morgan fingerprint density at radius 2 is 2.32 bits per heavy atom. The van der Waals surface area contributed by atoms with Crippen molar-refractivity contribution < 1.29 is 9.21 Å². The molecule has 0 aliphatic rings. The van der Waals surface area contributed by atoms with Crippen LogP contribution in [0.4, 0.5) is 0 Å². The molecule has 0 fully saturated rings. The van der Waals surface area contributed by atoms with E-state index in [0.29, 0.717) is 12.3 Å². The Labute approximate surface area is 112 Å². The van der Waals surface area contributed by atoms with Gasteiger partial charge in [0.15, 0.2) is 5.76 Å². The molecule has 2 N–H and O–H groups in total. The number of carbonyl (C=O) groups excluding carboxylic acids is 1. The van der Waals surface area contributed by atoms with Gasteiger partial charge in [-0.15, -0.1) is 0 Å². The third-order valence-corrected chi connectivity index (χ3v) is 3.08. The highest BCUT2D eigenvalue weighted by atomic mass is 16.3. The van der Waals surface area contributed by atoms with E-state index in [-0.39, 0.29) is 5.91 Å². The van der Waals surface area contributed by atoms with Gasteiger partial charge in [0, 0.05) is 18.7 Å². The lowest BCUT2D eigenvalue weighted by atomic mass is 10.1. The number of aryl methyl sites for hydroxylation is 3. The van der Waals surface area contributed by atoms with Crippen LogP contribution in [0, 0.1) is 6.92 Å². The van der Waals surface area contributed by atoms with Crippen LogP contribution in [0.5, 0.6) is 0 Å². The van der Waals surface area contributed by atoms with Crippen molar-refractivity contribution in [2.45, 2.75) is 33.1 Å². The molecule has 0 aromatic carbocycles. The molecule has 0 radical (unpaired) electrons. The second kappa shape index (κ2) is 6.22. The Bertz CT molecular complexity index is 542. The molecule has 5 heteroatoms. The SMILES string of the molecule is CCc1ccc(C(=O)NCCCc2cn[nH]c2C)o1. The van der Waals surface area contributed by atoms with E-state index in [1.807, 2.05) is 26.1 Å². The second-order valence-electron chi connectivity index (χ2n) is 4.50. The number of carbonyl (C=O) groups is 1. The quantitative estimate of drug-likeness (QED) is 0.783. The Kier molecular flexibility index (Phi) is 4.39. The van der Waals surface area contributed by atoms with Gasteiger partial charge >= 0.3 is 0 Å². The summed E-state index contributed by atoms with van der Waals surface area (Å²) in [5, 5.41) is 9.72. The fraction of sp³-hybridized carbons (Fsp3) is 0.429. The zero-order chi connectivity index (χ0) is 13.7. The van der Waals surface area contributed by atoms with E-state index < -0.39 is 0 Å². The molecule has 0 atom stereocenters. The molecule has 0 spiro atoms. The molecule has 19 heavy (non-hydrogen) atoms. The van der Waals surface area contributed by atoms with Crippen molar-refractivity contribution in [3.05, 3.63) is 41.1 Å². The van der Waals surface area contributed by atoms with Crippen molar-refractivity contribution >= 4 is 5.91 Å². The van der Waals surface area contributed by atoms with E-state index >= 15 is 0 Å². The number of hydrogen-bond donors (Lipinski definition) is 2. The van der Waals surface area contributed by atoms with Crippen LogP contribution in [0.25, 0.3) is 0 Å². The summed E-state index contributed by atoms with van der Waals surface area (Å²) in [4.78, 5) is 11.8. The predicted molar refractivity (Wildman–Crippen MR) is 72.1 cm³/mol. The van der Waals surface area contributed by atoms with Gasteiger partial charge in [-0.2, -0.15) is 5.10 Å². The van der Waals surface area contributed by atoms with Gasteiger partial charge in [0.05, 0.1) is 6.20 Å². The fourth-order valence-electron chi connectivity index (χ4n) is 1.89. The van der Waals surface area contributed by atoms with Crippen LogP contribution in [0.15, 0.2) is 22.7 Å². The molecule has 0 saturated heterocycles. The molecule has 5 nitrogen and oxygen atoms in total. The minimum absolute atomic E-state index is 0.149. The normalized spacial score (nSPS) is 10.6. The number of nitrogens with zero attached hydrogens (tertiary/aromatic N) is 1. The van der Waals surface area contributed by atoms with Crippen molar-refractivity contribution in [2.24, 2.45) is 0 Å². The third-order valence-electron chi connectivity index (χ3n) is 3.08. The lowest BCUT2D eigenvalue weighted by Crippen LogP contribution is -2.24. The van der Waals surface area contributed by atoms with Crippen molar-refractivity contribution in [2.75, 3.05) is 6.54 Å². The van der Waals surface area contributed by atoms with Gasteiger partial charge < -0.3 is 9.73 Å². The van der Waals surface area contributed by atoms with Crippen LogP contribution in [0.3, 0.4) is 0 Å². The Balaban J connectivity index is 1.73. The summed E-state index contributed by atoms with van der Waals surface area (Å²) < 4.78 is 5.39. The van der Waals surface area contributed by atoms with Gasteiger partial charge in [-0.25, -0.2) is 0 Å². The topological polar surface area (TPSA) is 70.9 Å². The van der Waals surface area contributed by atoms with Crippen LogP contribution < -0.4 is 5.32 Å². The first-order chi connectivity index (χ1) is 9.20. The first-order valence-electron chi connectivity index (χ1n) is 6.56. The maximum Gasteiger partial charge on any atom is 0.286 e. The molecule has 2 heterocycles. The largest absolute Gasteiger partial charge is 0.456 e. The van der Waals surface area contributed by atoms with E-state index in [0.717, 1.165) is 30.7 Å². The van der Waals surface area contributed by atoms with Crippen LogP contribution in [-0.2, 0) is 12.8 Å². The minimum atomic E-state index is -0.149. The maximum absolute atomic E-state index is 11.8. The summed E-state index contributed by atoms with van der Waals surface area (Å²) in [5.41, 5.74) is 2.28. The highest BCUT2D eigenvalue weighted by molar-refractivity contribution is 5.91. The lowest BCUT2D eigenvalue weighted by molar-refractivity contribution is 0.0924. The Hall–Kier alpha value is -2.04. The van der Waals surface area contributed by atoms with Crippen molar-refractivity contribution in [1.82, 2.24) is 15.5 Å². The molecule has 0 unspecified atom stereocenters. The number of H-pyrrole nitrogens is 1. The van der Waals surface area contributed by atoms with Gasteiger partial charge in [-0.05, 0) is 37.5 Å². The zero-order valence-corrected chi connectivity index (χ0v) is 11.3.